The van der Waals surface area contributed by atoms with Crippen LogP contribution >= 0.6 is 0 Å². The number of aromatic hydroxyl groups is 1. The molecule has 0 atom stereocenters. The molecule has 4 nitrogen and oxygen atoms in total. The second kappa shape index (κ2) is 3.79. The molecule has 1 aromatic heterocycles. The van der Waals surface area contributed by atoms with Crippen molar-refractivity contribution < 1.29 is 5.11 Å². The van der Waals surface area contributed by atoms with E-state index in [1.54, 1.807) is 0 Å². The molecule has 0 fully saturated rings. The van der Waals surface area contributed by atoms with Gasteiger partial charge < -0.3 is 10.0 Å². The Morgan fingerprint density at radius 2 is 2.00 bits per heavy atom. The highest BCUT2D eigenvalue weighted by molar-refractivity contribution is 5.29. The maximum Gasteiger partial charge on any atom is 0.159 e. The van der Waals surface area contributed by atoms with Crippen LogP contribution in [0.2, 0.25) is 0 Å². The van der Waals surface area contributed by atoms with E-state index in [1.165, 1.54) is 0 Å². The number of nitrogens with zero attached hydrogens (tertiary/aromatic N) is 3. The van der Waals surface area contributed by atoms with E-state index < -0.39 is 0 Å². The van der Waals surface area contributed by atoms with E-state index in [0.29, 0.717) is 11.4 Å². The molecule has 0 aliphatic heterocycles. The molecular formula is C9H17N3O. The quantitative estimate of drug-likeness (QED) is 0.752. The Labute approximate surface area is 78.8 Å². The van der Waals surface area contributed by atoms with Gasteiger partial charge in [-0.25, -0.2) is 0 Å². The Balaban J connectivity index is 2.72. The second-order valence-corrected chi connectivity index (χ2v) is 3.55. The molecule has 0 saturated carbocycles. The fraction of sp³-hybridized carbons (Fsp3) is 0.667. The molecule has 0 amide bonds. The lowest BCUT2D eigenvalue weighted by Gasteiger charge is -2.09. The Hall–Kier alpha value is -1.03. The third-order valence-corrected chi connectivity index (χ3v) is 2.10. The summed E-state index contributed by atoms with van der Waals surface area (Å²) in [6.07, 6.45) is 0. The first kappa shape index (κ1) is 10.1. The summed E-state index contributed by atoms with van der Waals surface area (Å²) in [5.41, 5.74) is 1.55. The van der Waals surface area contributed by atoms with E-state index in [1.807, 2.05) is 32.6 Å². The molecule has 1 aromatic rings. The molecule has 0 unspecified atom stereocenters. The molecule has 0 aromatic carbocycles. The molecule has 1 heterocycles. The van der Waals surface area contributed by atoms with E-state index >= 15 is 0 Å². The number of hydrogen-bond donors (Lipinski definition) is 1. The van der Waals surface area contributed by atoms with Crippen molar-refractivity contribution in [3.63, 3.8) is 0 Å². The lowest BCUT2D eigenvalue weighted by atomic mass is 10.3. The van der Waals surface area contributed by atoms with Crippen molar-refractivity contribution in [3.8, 4) is 5.75 Å². The van der Waals surface area contributed by atoms with Gasteiger partial charge in [0, 0.05) is 6.54 Å². The van der Waals surface area contributed by atoms with Crippen LogP contribution in [0.25, 0.3) is 0 Å². The van der Waals surface area contributed by atoms with Crippen LogP contribution in [0.15, 0.2) is 0 Å². The molecule has 74 valence electrons. The normalized spacial score (nSPS) is 11.2. The van der Waals surface area contributed by atoms with Crippen LogP contribution in [0.3, 0.4) is 0 Å². The van der Waals surface area contributed by atoms with Gasteiger partial charge in [0.15, 0.2) is 5.75 Å². The predicted molar refractivity (Wildman–Crippen MR) is 51.9 cm³/mol. The standard InChI is InChI=1S/C9H17N3O/c1-7-9(13)8(2)12(10-7)6-5-11(3)4/h13H,5-6H2,1-4H3. The van der Waals surface area contributed by atoms with Gasteiger partial charge in [0.1, 0.15) is 5.69 Å². The van der Waals surface area contributed by atoms with Crippen LogP contribution in [-0.2, 0) is 6.54 Å². The van der Waals surface area contributed by atoms with Gasteiger partial charge in [0.25, 0.3) is 0 Å². The molecule has 0 saturated heterocycles. The maximum absolute atomic E-state index is 9.50. The number of rotatable bonds is 3. The van der Waals surface area contributed by atoms with Crippen molar-refractivity contribution >= 4 is 0 Å². The van der Waals surface area contributed by atoms with Gasteiger partial charge in [-0.2, -0.15) is 5.10 Å². The van der Waals surface area contributed by atoms with E-state index in [0.717, 1.165) is 18.8 Å². The summed E-state index contributed by atoms with van der Waals surface area (Å²) in [6, 6.07) is 0. The van der Waals surface area contributed by atoms with E-state index in [9.17, 15) is 5.11 Å². The first-order valence-corrected chi connectivity index (χ1v) is 4.40. The van der Waals surface area contributed by atoms with Crippen molar-refractivity contribution in [2.24, 2.45) is 0 Å². The minimum absolute atomic E-state index is 0.318. The molecule has 1 N–H and O–H groups in total. The summed E-state index contributed by atoms with van der Waals surface area (Å²) >= 11 is 0. The van der Waals surface area contributed by atoms with Crippen LogP contribution in [0.1, 0.15) is 11.4 Å². The Bertz CT molecular complexity index is 291. The van der Waals surface area contributed by atoms with Crippen LogP contribution < -0.4 is 0 Å². The Kier molecular flexibility index (Phi) is 2.93. The van der Waals surface area contributed by atoms with Crippen molar-refractivity contribution in [3.05, 3.63) is 11.4 Å². The topological polar surface area (TPSA) is 41.3 Å². The lowest BCUT2D eigenvalue weighted by Crippen LogP contribution is -2.19. The van der Waals surface area contributed by atoms with Crippen molar-refractivity contribution in [1.82, 2.24) is 14.7 Å². The minimum atomic E-state index is 0.318. The third kappa shape index (κ3) is 2.21. The second-order valence-electron chi connectivity index (χ2n) is 3.55. The summed E-state index contributed by atoms with van der Waals surface area (Å²) in [6.45, 7) is 5.45. The zero-order valence-corrected chi connectivity index (χ0v) is 8.70. The maximum atomic E-state index is 9.50. The number of hydrogen-bond acceptors (Lipinski definition) is 3. The average Bonchev–Trinajstić information content (AvgIpc) is 2.29. The summed E-state index contributed by atoms with van der Waals surface area (Å²) in [4.78, 5) is 2.09. The predicted octanol–water partition coefficient (Wildman–Crippen LogP) is 0.767. The van der Waals surface area contributed by atoms with Crippen molar-refractivity contribution in [1.29, 1.82) is 0 Å². The van der Waals surface area contributed by atoms with Gasteiger partial charge in [-0.05, 0) is 27.9 Å². The van der Waals surface area contributed by atoms with Crippen LogP contribution in [0.5, 0.6) is 5.75 Å². The SMILES string of the molecule is Cc1nn(CCN(C)C)c(C)c1O. The number of aromatic nitrogens is 2. The zero-order valence-electron chi connectivity index (χ0n) is 8.70. The lowest BCUT2D eigenvalue weighted by molar-refractivity contribution is 0.369. The summed E-state index contributed by atoms with van der Waals surface area (Å²) in [5, 5.41) is 13.7. The summed E-state index contributed by atoms with van der Waals surface area (Å²) in [5.74, 6) is 0.318. The van der Waals surface area contributed by atoms with Crippen LogP contribution in [0, 0.1) is 13.8 Å². The van der Waals surface area contributed by atoms with Gasteiger partial charge in [-0.1, -0.05) is 0 Å². The molecule has 0 aliphatic carbocycles. The molecule has 0 aliphatic rings. The minimum Gasteiger partial charge on any atom is -0.504 e. The molecule has 4 heteroatoms. The molecular weight excluding hydrogens is 166 g/mol. The van der Waals surface area contributed by atoms with Crippen LogP contribution in [0.4, 0.5) is 0 Å². The monoisotopic (exact) mass is 183 g/mol. The first-order chi connectivity index (χ1) is 6.02. The van der Waals surface area contributed by atoms with Crippen LogP contribution in [-0.4, -0.2) is 40.4 Å². The molecule has 0 spiro atoms. The smallest absolute Gasteiger partial charge is 0.159 e. The summed E-state index contributed by atoms with van der Waals surface area (Å²) < 4.78 is 1.84. The molecule has 13 heavy (non-hydrogen) atoms. The fourth-order valence-electron chi connectivity index (χ4n) is 1.20. The third-order valence-electron chi connectivity index (χ3n) is 2.10. The molecule has 0 radical (unpaired) electrons. The number of aryl methyl sites for hydroxylation is 1. The fourth-order valence-corrected chi connectivity index (χ4v) is 1.20. The van der Waals surface area contributed by atoms with Gasteiger partial charge in [0.05, 0.1) is 12.2 Å². The largest absolute Gasteiger partial charge is 0.504 e. The van der Waals surface area contributed by atoms with E-state index in [4.69, 9.17) is 0 Å². The van der Waals surface area contributed by atoms with E-state index in [-0.39, 0.29) is 0 Å². The average molecular weight is 183 g/mol. The number of likely N-dealkylation sites (N-methyl/N-ethyl adjacent to an activating group) is 1. The van der Waals surface area contributed by atoms with Gasteiger partial charge in [-0.3, -0.25) is 4.68 Å². The highest BCUT2D eigenvalue weighted by Crippen LogP contribution is 2.19. The highest BCUT2D eigenvalue weighted by Gasteiger charge is 2.08. The zero-order chi connectivity index (χ0) is 10.0. The Morgan fingerprint density at radius 1 is 1.38 bits per heavy atom. The molecule has 1 rings (SSSR count). The Morgan fingerprint density at radius 3 is 2.38 bits per heavy atom. The van der Waals surface area contributed by atoms with Crippen molar-refractivity contribution in [2.45, 2.75) is 20.4 Å². The summed E-state index contributed by atoms with van der Waals surface area (Å²) in [7, 11) is 4.04. The first-order valence-electron chi connectivity index (χ1n) is 4.40. The van der Waals surface area contributed by atoms with Gasteiger partial charge in [-0.15, -0.1) is 0 Å². The van der Waals surface area contributed by atoms with E-state index in [2.05, 4.69) is 10.00 Å². The van der Waals surface area contributed by atoms with Gasteiger partial charge in [0.2, 0.25) is 0 Å². The molecule has 0 bridgehead atoms. The van der Waals surface area contributed by atoms with Gasteiger partial charge >= 0.3 is 0 Å². The highest BCUT2D eigenvalue weighted by atomic mass is 16.3. The van der Waals surface area contributed by atoms with Crippen molar-refractivity contribution in [2.75, 3.05) is 20.6 Å².